The Balaban J connectivity index is 2.14. The lowest BCUT2D eigenvalue weighted by atomic mass is 10.0. The van der Waals surface area contributed by atoms with Gasteiger partial charge in [-0.05, 0) is 0 Å². The van der Waals surface area contributed by atoms with Gasteiger partial charge in [0.2, 0.25) is 0 Å². The Labute approximate surface area is 103 Å². The summed E-state index contributed by atoms with van der Waals surface area (Å²) in [6.45, 7) is -0.303. The van der Waals surface area contributed by atoms with E-state index in [-0.39, 0.29) is 13.6 Å². The van der Waals surface area contributed by atoms with Crippen LogP contribution in [0.5, 0.6) is 0 Å². The van der Waals surface area contributed by atoms with Crippen LogP contribution in [0.15, 0.2) is 0 Å². The third kappa shape index (κ3) is 2.32. The number of carbonyl (C=O) groups excluding carboxylic acids is 2. The number of carbonyl (C=O) groups is 2. The highest BCUT2D eigenvalue weighted by Gasteiger charge is 2.50. The Hall–Kier alpha value is -1.22. The van der Waals surface area contributed by atoms with Crippen LogP contribution in [0, 0.1) is 0 Å². The van der Waals surface area contributed by atoms with Gasteiger partial charge in [-0.25, -0.2) is 9.59 Å². The minimum absolute atomic E-state index is 0.152. The zero-order valence-electron chi connectivity index (χ0n) is 9.99. The van der Waals surface area contributed by atoms with Gasteiger partial charge in [0.05, 0.1) is 14.2 Å². The van der Waals surface area contributed by atoms with Gasteiger partial charge in [-0.3, -0.25) is 0 Å². The molecule has 0 aromatic heterocycles. The number of methoxy groups -OCH3 is 2. The molecule has 0 aromatic carbocycles. The summed E-state index contributed by atoms with van der Waals surface area (Å²) < 4.78 is 30.0. The maximum atomic E-state index is 11.5. The van der Waals surface area contributed by atoms with Crippen LogP contribution in [-0.4, -0.2) is 64.2 Å². The molecule has 4 atom stereocenters. The average Bonchev–Trinajstić information content (AvgIpc) is 2.44. The molecule has 8 nitrogen and oxygen atoms in total. The van der Waals surface area contributed by atoms with Crippen LogP contribution in [0.3, 0.4) is 0 Å². The quantitative estimate of drug-likeness (QED) is 0.574. The molecule has 2 saturated heterocycles. The lowest BCUT2D eigenvalue weighted by molar-refractivity contribution is -0.316. The van der Waals surface area contributed by atoms with E-state index in [9.17, 15) is 9.59 Å². The van der Waals surface area contributed by atoms with E-state index in [0.29, 0.717) is 0 Å². The van der Waals surface area contributed by atoms with Crippen molar-refractivity contribution in [3.63, 3.8) is 0 Å². The first kappa shape index (κ1) is 13.2. The first-order chi connectivity index (χ1) is 8.69. The summed E-state index contributed by atoms with van der Waals surface area (Å²) in [6.07, 6.45) is -3.40. The van der Waals surface area contributed by atoms with Gasteiger partial charge < -0.3 is 28.4 Å². The second-order valence-corrected chi connectivity index (χ2v) is 3.72. The molecule has 2 rings (SSSR count). The Morgan fingerprint density at radius 2 is 1.22 bits per heavy atom. The second kappa shape index (κ2) is 5.61. The van der Waals surface area contributed by atoms with E-state index in [0.717, 1.165) is 0 Å². The van der Waals surface area contributed by atoms with Crippen LogP contribution in [0.1, 0.15) is 0 Å². The largest absolute Gasteiger partial charge is 0.467 e. The van der Waals surface area contributed by atoms with Crippen LogP contribution in [-0.2, 0) is 38.0 Å². The summed E-state index contributed by atoms with van der Waals surface area (Å²) in [7, 11) is 2.49. The highest BCUT2D eigenvalue weighted by atomic mass is 16.8. The molecule has 0 spiro atoms. The van der Waals surface area contributed by atoms with Crippen LogP contribution in [0.4, 0.5) is 0 Å². The molecule has 2 aliphatic rings. The van der Waals surface area contributed by atoms with Crippen LogP contribution in [0.25, 0.3) is 0 Å². The van der Waals surface area contributed by atoms with Crippen LogP contribution < -0.4 is 0 Å². The molecule has 0 aromatic rings. The minimum atomic E-state index is -0.940. The standard InChI is InChI=1S/C10H14O8/c1-13-9(11)7-5-6(16-3-17-7)8(10(12)14-2)18-4-15-5/h5-8H,3-4H2,1-2H3/t5-,6-,7+,8+/m1/s1. The zero-order valence-corrected chi connectivity index (χ0v) is 9.99. The van der Waals surface area contributed by atoms with E-state index in [2.05, 4.69) is 9.47 Å². The number of hydrogen-bond donors (Lipinski definition) is 0. The normalized spacial score (nSPS) is 35.4. The van der Waals surface area contributed by atoms with E-state index >= 15 is 0 Å². The highest BCUT2D eigenvalue weighted by Crippen LogP contribution is 2.27. The highest BCUT2D eigenvalue weighted by molar-refractivity contribution is 5.78. The van der Waals surface area contributed by atoms with Crippen molar-refractivity contribution < 1.29 is 38.0 Å². The zero-order chi connectivity index (χ0) is 13.1. The number of fused-ring (bicyclic) bond motifs is 1. The van der Waals surface area contributed by atoms with E-state index < -0.39 is 36.4 Å². The third-order valence-electron chi connectivity index (χ3n) is 2.80. The minimum Gasteiger partial charge on any atom is -0.467 e. The summed E-state index contributed by atoms with van der Waals surface area (Å²) in [5.74, 6) is -1.17. The predicted octanol–water partition coefficient (Wildman–Crippen LogP) is -1.18. The molecule has 2 heterocycles. The van der Waals surface area contributed by atoms with Crippen LogP contribution in [0.2, 0.25) is 0 Å². The maximum absolute atomic E-state index is 11.5. The van der Waals surface area contributed by atoms with Crippen molar-refractivity contribution in [2.45, 2.75) is 24.4 Å². The van der Waals surface area contributed by atoms with Crippen molar-refractivity contribution in [3.8, 4) is 0 Å². The van der Waals surface area contributed by atoms with Gasteiger partial charge in [0, 0.05) is 0 Å². The van der Waals surface area contributed by atoms with E-state index in [1.165, 1.54) is 14.2 Å². The molecule has 8 heteroatoms. The topological polar surface area (TPSA) is 89.5 Å². The van der Waals surface area contributed by atoms with Crippen molar-refractivity contribution in [3.05, 3.63) is 0 Å². The van der Waals surface area contributed by atoms with Crippen LogP contribution >= 0.6 is 0 Å². The van der Waals surface area contributed by atoms with E-state index in [4.69, 9.17) is 18.9 Å². The Kier molecular flexibility index (Phi) is 4.12. The van der Waals surface area contributed by atoms with Gasteiger partial charge in [-0.15, -0.1) is 0 Å². The van der Waals surface area contributed by atoms with Crippen molar-refractivity contribution in [2.24, 2.45) is 0 Å². The number of ether oxygens (including phenoxy) is 6. The molecule has 0 bridgehead atoms. The summed E-state index contributed by atoms with van der Waals surface area (Å²) >= 11 is 0. The molecule has 102 valence electrons. The van der Waals surface area contributed by atoms with Crippen molar-refractivity contribution >= 4 is 11.9 Å². The van der Waals surface area contributed by atoms with Gasteiger partial charge in [0.15, 0.2) is 12.2 Å². The molecule has 18 heavy (non-hydrogen) atoms. The number of hydrogen-bond acceptors (Lipinski definition) is 8. The lowest BCUT2D eigenvalue weighted by Crippen LogP contribution is -2.61. The Bertz CT molecular complexity index is 298. The average molecular weight is 262 g/mol. The van der Waals surface area contributed by atoms with Gasteiger partial charge in [-0.1, -0.05) is 0 Å². The Morgan fingerprint density at radius 1 is 0.833 bits per heavy atom. The number of esters is 2. The fourth-order valence-corrected chi connectivity index (χ4v) is 1.92. The molecular formula is C10H14O8. The maximum Gasteiger partial charge on any atom is 0.337 e. The molecular weight excluding hydrogens is 248 g/mol. The van der Waals surface area contributed by atoms with Crippen molar-refractivity contribution in [2.75, 3.05) is 27.8 Å². The summed E-state index contributed by atoms with van der Waals surface area (Å²) in [6, 6.07) is 0. The van der Waals surface area contributed by atoms with Gasteiger partial charge in [-0.2, -0.15) is 0 Å². The SMILES string of the molecule is COC(=O)[C@H]1OCO[C@@H]2[C@H]1OCO[C@@H]2C(=O)OC. The first-order valence-electron chi connectivity index (χ1n) is 5.31. The molecule has 0 radical (unpaired) electrons. The van der Waals surface area contributed by atoms with Gasteiger partial charge in [0.25, 0.3) is 0 Å². The fourth-order valence-electron chi connectivity index (χ4n) is 1.92. The lowest BCUT2D eigenvalue weighted by Gasteiger charge is -2.41. The van der Waals surface area contributed by atoms with Gasteiger partial charge in [0.1, 0.15) is 25.8 Å². The molecule has 0 saturated carbocycles. The smallest absolute Gasteiger partial charge is 0.337 e. The molecule has 0 aliphatic carbocycles. The first-order valence-corrected chi connectivity index (χ1v) is 5.31. The molecule has 2 aliphatic heterocycles. The van der Waals surface area contributed by atoms with Crippen molar-refractivity contribution in [1.29, 1.82) is 0 Å². The van der Waals surface area contributed by atoms with E-state index in [1.54, 1.807) is 0 Å². The molecule has 0 unspecified atom stereocenters. The van der Waals surface area contributed by atoms with E-state index in [1.807, 2.05) is 0 Å². The summed E-state index contributed by atoms with van der Waals surface area (Å²) in [5, 5.41) is 0. The summed E-state index contributed by atoms with van der Waals surface area (Å²) in [5.41, 5.74) is 0. The molecule has 2 fully saturated rings. The predicted molar refractivity (Wildman–Crippen MR) is 53.3 cm³/mol. The fraction of sp³-hybridized carbons (Fsp3) is 0.800. The monoisotopic (exact) mass is 262 g/mol. The Morgan fingerprint density at radius 3 is 1.56 bits per heavy atom. The summed E-state index contributed by atoms with van der Waals surface area (Å²) in [4.78, 5) is 23.1. The molecule has 0 N–H and O–H groups in total. The van der Waals surface area contributed by atoms with Gasteiger partial charge >= 0.3 is 11.9 Å². The number of rotatable bonds is 2. The third-order valence-corrected chi connectivity index (χ3v) is 2.80. The molecule has 0 amide bonds. The second-order valence-electron chi connectivity index (χ2n) is 3.72. The van der Waals surface area contributed by atoms with Crippen molar-refractivity contribution in [1.82, 2.24) is 0 Å².